The van der Waals surface area contributed by atoms with Crippen LogP contribution in [0.5, 0.6) is 5.75 Å². The van der Waals surface area contributed by atoms with Crippen molar-refractivity contribution in [1.29, 1.82) is 0 Å². The summed E-state index contributed by atoms with van der Waals surface area (Å²) in [6, 6.07) is 12.3. The molecule has 2 rings (SSSR count). The van der Waals surface area contributed by atoms with E-state index in [2.05, 4.69) is 9.93 Å². The van der Waals surface area contributed by atoms with E-state index in [1.807, 2.05) is 13.0 Å². The summed E-state index contributed by atoms with van der Waals surface area (Å²) >= 11 is 0. The van der Waals surface area contributed by atoms with Crippen molar-refractivity contribution in [2.45, 2.75) is 18.7 Å². The highest BCUT2D eigenvalue weighted by molar-refractivity contribution is 7.89. The molecule has 0 amide bonds. The van der Waals surface area contributed by atoms with Crippen molar-refractivity contribution in [3.8, 4) is 5.75 Å². The Bertz CT molecular complexity index is 782. The summed E-state index contributed by atoms with van der Waals surface area (Å²) in [7, 11) is -2.08. The summed E-state index contributed by atoms with van der Waals surface area (Å²) < 4.78 is 29.5. The highest BCUT2D eigenvalue weighted by Gasteiger charge is 2.15. The monoisotopic (exact) mass is 318 g/mol. The molecule has 0 fully saturated rings. The Morgan fingerprint density at radius 3 is 2.36 bits per heavy atom. The lowest BCUT2D eigenvalue weighted by atomic mass is 10.2. The zero-order chi connectivity index (χ0) is 16.2. The van der Waals surface area contributed by atoms with E-state index >= 15 is 0 Å². The van der Waals surface area contributed by atoms with Crippen LogP contribution in [0.4, 0.5) is 0 Å². The van der Waals surface area contributed by atoms with Crippen LogP contribution in [0.1, 0.15) is 16.7 Å². The predicted octanol–water partition coefficient (Wildman–Crippen LogP) is 2.62. The second-order valence-electron chi connectivity index (χ2n) is 4.90. The number of hydrazone groups is 1. The first-order valence-electron chi connectivity index (χ1n) is 6.68. The van der Waals surface area contributed by atoms with Gasteiger partial charge in [0.05, 0.1) is 18.2 Å². The second kappa shape index (κ2) is 6.62. The summed E-state index contributed by atoms with van der Waals surface area (Å²) in [4.78, 5) is 2.45. The smallest absolute Gasteiger partial charge is 0.276 e. The molecule has 22 heavy (non-hydrogen) atoms. The summed E-state index contributed by atoms with van der Waals surface area (Å²) in [6.45, 7) is 3.67. The van der Waals surface area contributed by atoms with E-state index < -0.39 is 10.0 Å². The van der Waals surface area contributed by atoms with Crippen molar-refractivity contribution in [2.75, 3.05) is 7.11 Å². The number of hydrogen-bond donors (Lipinski definition) is 1. The Hall–Kier alpha value is -2.34. The minimum absolute atomic E-state index is 0.227. The topological polar surface area (TPSA) is 67.8 Å². The molecular formula is C16H18N2O3S. The van der Waals surface area contributed by atoms with Gasteiger partial charge in [-0.25, -0.2) is 4.83 Å². The van der Waals surface area contributed by atoms with Gasteiger partial charge in [-0.2, -0.15) is 13.5 Å². The third-order valence-corrected chi connectivity index (χ3v) is 4.51. The lowest BCUT2D eigenvalue weighted by Gasteiger charge is -2.07. The molecular weight excluding hydrogens is 300 g/mol. The third-order valence-electron chi connectivity index (χ3n) is 3.12. The van der Waals surface area contributed by atoms with Crippen LogP contribution in [0.2, 0.25) is 0 Å². The molecule has 0 aliphatic rings. The number of nitrogens with one attached hydrogen (secondary N) is 1. The number of nitrogens with zero attached hydrogens (tertiary/aromatic N) is 1. The van der Waals surface area contributed by atoms with Crippen LogP contribution in [0.15, 0.2) is 52.5 Å². The van der Waals surface area contributed by atoms with Crippen LogP contribution in [0.25, 0.3) is 0 Å². The third kappa shape index (κ3) is 3.85. The normalized spacial score (nSPS) is 11.6. The van der Waals surface area contributed by atoms with Gasteiger partial charge in [-0.05, 0) is 55.3 Å². The molecule has 0 spiro atoms. The average molecular weight is 318 g/mol. The zero-order valence-electron chi connectivity index (χ0n) is 12.7. The molecule has 5 nitrogen and oxygen atoms in total. The number of hydrogen-bond acceptors (Lipinski definition) is 4. The van der Waals surface area contributed by atoms with Crippen LogP contribution in [-0.4, -0.2) is 21.7 Å². The fraction of sp³-hybridized carbons (Fsp3) is 0.188. The van der Waals surface area contributed by atoms with Crippen LogP contribution in [0.3, 0.4) is 0 Å². The zero-order valence-corrected chi connectivity index (χ0v) is 13.5. The van der Waals surface area contributed by atoms with Gasteiger partial charge >= 0.3 is 0 Å². The lowest BCUT2D eigenvalue weighted by Crippen LogP contribution is -2.19. The van der Waals surface area contributed by atoms with Crippen LogP contribution >= 0.6 is 0 Å². The van der Waals surface area contributed by atoms with E-state index in [4.69, 9.17) is 4.74 Å². The Morgan fingerprint density at radius 1 is 1.09 bits per heavy atom. The minimum Gasteiger partial charge on any atom is -0.497 e. The maximum Gasteiger partial charge on any atom is 0.276 e. The van der Waals surface area contributed by atoms with Crippen molar-refractivity contribution < 1.29 is 13.2 Å². The first kappa shape index (κ1) is 16.0. The SMILES string of the molecule is COc1ccc(/C=N/NS(=O)(=O)c2ccc(C)cc2C)cc1. The number of rotatable bonds is 5. The summed E-state index contributed by atoms with van der Waals surface area (Å²) in [5, 5.41) is 3.80. The molecule has 2 aromatic rings. The van der Waals surface area contributed by atoms with Gasteiger partial charge in [-0.3, -0.25) is 0 Å². The van der Waals surface area contributed by atoms with Gasteiger partial charge in [-0.1, -0.05) is 17.7 Å². The molecule has 0 heterocycles. The molecule has 0 unspecified atom stereocenters. The lowest BCUT2D eigenvalue weighted by molar-refractivity contribution is 0.415. The molecule has 0 atom stereocenters. The number of aryl methyl sites for hydroxylation is 2. The maximum absolute atomic E-state index is 12.2. The van der Waals surface area contributed by atoms with Crippen molar-refractivity contribution in [3.63, 3.8) is 0 Å². The highest BCUT2D eigenvalue weighted by atomic mass is 32.2. The molecule has 1 N–H and O–H groups in total. The van der Waals surface area contributed by atoms with Gasteiger partial charge in [0.2, 0.25) is 0 Å². The maximum atomic E-state index is 12.2. The fourth-order valence-corrected chi connectivity index (χ4v) is 3.03. The summed E-state index contributed by atoms with van der Waals surface area (Å²) in [5.74, 6) is 0.730. The van der Waals surface area contributed by atoms with Crippen molar-refractivity contribution in [1.82, 2.24) is 4.83 Å². The van der Waals surface area contributed by atoms with Crippen molar-refractivity contribution in [3.05, 3.63) is 59.2 Å². The minimum atomic E-state index is -3.66. The standard InChI is InChI=1S/C16H18N2O3S/c1-12-4-9-16(13(2)10-12)22(19,20)18-17-11-14-5-7-15(21-3)8-6-14/h4-11,18H,1-3H3/b17-11+. The molecule has 0 aliphatic heterocycles. The van der Waals surface area contributed by atoms with Gasteiger partial charge in [0.15, 0.2) is 0 Å². The number of sulfonamides is 1. The Kier molecular flexibility index (Phi) is 4.82. The van der Waals surface area contributed by atoms with Gasteiger partial charge in [0.1, 0.15) is 5.75 Å². The van der Waals surface area contributed by atoms with E-state index in [1.54, 1.807) is 50.4 Å². The number of ether oxygens (including phenoxy) is 1. The Balaban J connectivity index is 2.13. The average Bonchev–Trinajstić information content (AvgIpc) is 2.47. The quantitative estimate of drug-likeness (QED) is 0.680. The molecule has 0 saturated heterocycles. The molecule has 0 aliphatic carbocycles. The van der Waals surface area contributed by atoms with E-state index in [0.29, 0.717) is 5.56 Å². The molecule has 0 bridgehead atoms. The molecule has 2 aromatic carbocycles. The largest absolute Gasteiger partial charge is 0.497 e. The highest BCUT2D eigenvalue weighted by Crippen LogP contribution is 2.16. The predicted molar refractivity (Wildman–Crippen MR) is 86.8 cm³/mol. The van der Waals surface area contributed by atoms with Gasteiger partial charge < -0.3 is 4.74 Å². The van der Waals surface area contributed by atoms with Crippen LogP contribution < -0.4 is 9.57 Å². The number of methoxy groups -OCH3 is 1. The van der Waals surface area contributed by atoms with E-state index in [0.717, 1.165) is 16.9 Å². The van der Waals surface area contributed by atoms with Gasteiger partial charge in [0, 0.05) is 0 Å². The van der Waals surface area contributed by atoms with Crippen LogP contribution in [-0.2, 0) is 10.0 Å². The molecule has 0 radical (unpaired) electrons. The summed E-state index contributed by atoms with van der Waals surface area (Å²) in [5.41, 5.74) is 2.47. The van der Waals surface area contributed by atoms with E-state index in [-0.39, 0.29) is 4.90 Å². The van der Waals surface area contributed by atoms with Gasteiger partial charge in [-0.15, -0.1) is 0 Å². The van der Waals surface area contributed by atoms with Crippen molar-refractivity contribution >= 4 is 16.2 Å². The first-order chi connectivity index (χ1) is 10.4. The molecule has 116 valence electrons. The Morgan fingerprint density at radius 2 is 1.77 bits per heavy atom. The van der Waals surface area contributed by atoms with E-state index in [9.17, 15) is 8.42 Å². The van der Waals surface area contributed by atoms with Crippen LogP contribution in [0, 0.1) is 13.8 Å². The summed E-state index contributed by atoms with van der Waals surface area (Å²) in [6.07, 6.45) is 1.44. The first-order valence-corrected chi connectivity index (χ1v) is 8.17. The Labute approximate surface area is 130 Å². The van der Waals surface area contributed by atoms with E-state index in [1.165, 1.54) is 6.21 Å². The molecule has 6 heteroatoms. The van der Waals surface area contributed by atoms with Gasteiger partial charge in [0.25, 0.3) is 10.0 Å². The molecule has 0 saturated carbocycles. The fourth-order valence-electron chi connectivity index (χ4n) is 2.01. The van der Waals surface area contributed by atoms with Crippen molar-refractivity contribution in [2.24, 2.45) is 5.10 Å². The second-order valence-corrected chi connectivity index (χ2v) is 6.52. The molecule has 0 aromatic heterocycles. The number of benzene rings is 2.